The van der Waals surface area contributed by atoms with Gasteiger partial charge in [-0.1, -0.05) is 38.6 Å². The van der Waals surface area contributed by atoms with E-state index in [1.165, 1.54) is 43.5 Å². The van der Waals surface area contributed by atoms with Crippen LogP contribution in [0.25, 0.3) is 16.8 Å². The second-order valence-corrected chi connectivity index (χ2v) is 10.7. The number of nitrogens with zero attached hydrogens (tertiary/aromatic N) is 2. The van der Waals surface area contributed by atoms with Crippen molar-refractivity contribution in [3.63, 3.8) is 0 Å². The molecule has 0 aliphatic carbocycles. The number of hydrazine groups is 1. The molecule has 2 aromatic rings. The van der Waals surface area contributed by atoms with Crippen LogP contribution in [-0.2, 0) is 19.2 Å². The fraction of sp³-hybridized carbons (Fsp3) is 0.433. The van der Waals surface area contributed by atoms with Gasteiger partial charge >= 0.3 is 6.18 Å². The molecular formula is C30H37F3N6O4. The van der Waals surface area contributed by atoms with E-state index in [1.54, 1.807) is 19.9 Å². The number of nitrogens with one attached hydrogen (secondary N) is 4. The number of fused-ring (bicyclic) bond motifs is 1. The second kappa shape index (κ2) is 14.3. The molecule has 4 amide bonds. The Balaban J connectivity index is 1.69. The molecule has 13 heteroatoms. The van der Waals surface area contributed by atoms with E-state index in [4.69, 9.17) is 0 Å². The van der Waals surface area contributed by atoms with E-state index in [-0.39, 0.29) is 30.9 Å². The van der Waals surface area contributed by atoms with E-state index >= 15 is 0 Å². The van der Waals surface area contributed by atoms with E-state index < -0.39 is 54.0 Å². The van der Waals surface area contributed by atoms with Crippen molar-refractivity contribution < 1.29 is 32.3 Å². The van der Waals surface area contributed by atoms with Crippen molar-refractivity contribution in [3.05, 3.63) is 61.0 Å². The van der Waals surface area contributed by atoms with Crippen molar-refractivity contribution in [1.82, 2.24) is 31.4 Å². The Morgan fingerprint density at radius 1 is 1.09 bits per heavy atom. The highest BCUT2D eigenvalue weighted by atomic mass is 19.4. The van der Waals surface area contributed by atoms with Gasteiger partial charge in [0.15, 0.2) is 6.04 Å². The third kappa shape index (κ3) is 8.63. The van der Waals surface area contributed by atoms with Gasteiger partial charge in [0.05, 0.1) is 5.69 Å². The Kier molecular flexibility index (Phi) is 11.0. The van der Waals surface area contributed by atoms with Gasteiger partial charge in [-0.15, -0.1) is 6.58 Å². The average molecular weight is 603 g/mol. The summed E-state index contributed by atoms with van der Waals surface area (Å²) in [6, 6.07) is 0.379. The van der Waals surface area contributed by atoms with Gasteiger partial charge in [0, 0.05) is 24.5 Å². The number of halogens is 3. The molecule has 0 saturated carbocycles. The van der Waals surface area contributed by atoms with Gasteiger partial charge in [-0.2, -0.15) is 13.2 Å². The molecule has 0 radical (unpaired) electrons. The van der Waals surface area contributed by atoms with Crippen LogP contribution in [0.1, 0.15) is 57.3 Å². The first kappa shape index (κ1) is 33.2. The summed E-state index contributed by atoms with van der Waals surface area (Å²) in [6.45, 7) is 12.2. The molecule has 1 aromatic carbocycles. The Morgan fingerprint density at radius 2 is 1.81 bits per heavy atom. The summed E-state index contributed by atoms with van der Waals surface area (Å²) < 4.78 is 42.5. The van der Waals surface area contributed by atoms with Gasteiger partial charge in [-0.25, -0.2) is 5.43 Å². The molecule has 1 aliphatic heterocycles. The number of pyridine rings is 1. The first-order valence-electron chi connectivity index (χ1n) is 13.9. The largest absolute Gasteiger partial charge is 0.412 e. The summed E-state index contributed by atoms with van der Waals surface area (Å²) in [7, 11) is 0. The van der Waals surface area contributed by atoms with Gasteiger partial charge in [0.2, 0.25) is 17.7 Å². The SMILES string of the molecule is C=CCC(=O)NC(C(=O)NC(C)C(=O)N1CCC[C@@H](C(=O)N[C@@H](c2ccc3cnc(C=C)cc3c2)C(F)(F)F)N1)C(C)C. The molecule has 0 spiro atoms. The zero-order chi connectivity index (χ0) is 31.9. The van der Waals surface area contributed by atoms with Crippen molar-refractivity contribution in [2.75, 3.05) is 6.54 Å². The van der Waals surface area contributed by atoms with Crippen LogP contribution in [0.3, 0.4) is 0 Å². The molecule has 2 heterocycles. The predicted octanol–water partition coefficient (Wildman–Crippen LogP) is 3.31. The quantitative estimate of drug-likeness (QED) is 0.292. The molecule has 43 heavy (non-hydrogen) atoms. The number of alkyl halides is 3. The number of hydrogen-bond donors (Lipinski definition) is 4. The third-order valence-electron chi connectivity index (χ3n) is 7.02. The van der Waals surface area contributed by atoms with Crippen LogP contribution >= 0.6 is 0 Å². The molecule has 1 saturated heterocycles. The Bertz CT molecular complexity index is 1380. The van der Waals surface area contributed by atoms with Crippen molar-refractivity contribution in [1.29, 1.82) is 0 Å². The lowest BCUT2D eigenvalue weighted by molar-refractivity contribution is -0.165. The highest BCUT2D eigenvalue weighted by molar-refractivity contribution is 5.92. The second-order valence-electron chi connectivity index (χ2n) is 10.7. The van der Waals surface area contributed by atoms with Crippen molar-refractivity contribution in [2.24, 2.45) is 5.92 Å². The molecule has 10 nitrogen and oxygen atoms in total. The van der Waals surface area contributed by atoms with Crippen LogP contribution in [0.5, 0.6) is 0 Å². The first-order valence-corrected chi connectivity index (χ1v) is 13.9. The van der Waals surface area contributed by atoms with Gasteiger partial charge < -0.3 is 16.0 Å². The van der Waals surface area contributed by atoms with Crippen LogP contribution in [0.15, 0.2) is 49.7 Å². The predicted molar refractivity (Wildman–Crippen MR) is 156 cm³/mol. The standard InChI is InChI=1S/C30H37F3N6O4/c1-6-9-24(40)36-25(17(3)4)28(42)35-18(5)29(43)39-13-8-10-23(38-39)27(41)37-26(30(31,32)33)19-11-12-20-16-34-22(7-2)15-21(20)14-19/h6-7,11-12,14-18,23,25-26,38H,1-2,8-10,13H2,3-5H3,(H,35,42)(H,36,40)(H,37,41)/t18?,23-,25?,26-/m0/s1. The first-order chi connectivity index (χ1) is 20.2. The lowest BCUT2D eigenvalue weighted by Crippen LogP contribution is -2.62. The summed E-state index contributed by atoms with van der Waals surface area (Å²) in [5.41, 5.74) is 3.05. The van der Waals surface area contributed by atoms with Crippen LogP contribution in [0, 0.1) is 5.92 Å². The molecule has 1 fully saturated rings. The molecule has 0 bridgehead atoms. The minimum Gasteiger partial charge on any atom is -0.344 e. The summed E-state index contributed by atoms with van der Waals surface area (Å²) >= 11 is 0. The molecule has 4 atom stereocenters. The molecule has 3 rings (SSSR count). The van der Waals surface area contributed by atoms with Crippen molar-refractivity contribution in [3.8, 4) is 0 Å². The Morgan fingerprint density at radius 3 is 2.44 bits per heavy atom. The smallest absolute Gasteiger partial charge is 0.344 e. The number of benzene rings is 1. The van der Waals surface area contributed by atoms with E-state index in [2.05, 4.69) is 39.5 Å². The molecule has 1 aromatic heterocycles. The number of rotatable bonds is 11. The molecular weight excluding hydrogens is 565 g/mol. The number of carbonyl (C=O) groups excluding carboxylic acids is 4. The lowest BCUT2D eigenvalue weighted by Gasteiger charge is -2.36. The highest BCUT2D eigenvalue weighted by Crippen LogP contribution is 2.34. The topological polar surface area (TPSA) is 133 Å². The number of aromatic nitrogens is 1. The fourth-order valence-electron chi connectivity index (χ4n) is 4.70. The van der Waals surface area contributed by atoms with Crippen LogP contribution < -0.4 is 21.4 Å². The number of carbonyl (C=O) groups is 4. The average Bonchev–Trinajstić information content (AvgIpc) is 2.96. The van der Waals surface area contributed by atoms with Crippen LogP contribution in [0.2, 0.25) is 0 Å². The summed E-state index contributed by atoms with van der Waals surface area (Å²) in [6.07, 6.45) is 0.172. The van der Waals surface area contributed by atoms with Gasteiger partial charge in [-0.05, 0) is 54.8 Å². The lowest BCUT2D eigenvalue weighted by atomic mass is 10.0. The van der Waals surface area contributed by atoms with E-state index in [9.17, 15) is 32.3 Å². The minimum absolute atomic E-state index is 0.0237. The Hall–Kier alpha value is -4.26. The van der Waals surface area contributed by atoms with Crippen molar-refractivity contribution in [2.45, 2.75) is 70.4 Å². The fourth-order valence-corrected chi connectivity index (χ4v) is 4.70. The maximum absolute atomic E-state index is 14.2. The zero-order valence-corrected chi connectivity index (χ0v) is 24.3. The molecule has 1 aliphatic rings. The van der Waals surface area contributed by atoms with E-state index in [0.717, 1.165) is 5.01 Å². The maximum atomic E-state index is 14.2. The van der Waals surface area contributed by atoms with Gasteiger partial charge in [0.25, 0.3) is 5.91 Å². The van der Waals surface area contributed by atoms with Crippen molar-refractivity contribution >= 4 is 40.5 Å². The van der Waals surface area contributed by atoms with E-state index in [1.807, 2.05) is 0 Å². The van der Waals surface area contributed by atoms with Crippen LogP contribution in [0.4, 0.5) is 13.2 Å². The molecule has 4 N–H and O–H groups in total. The normalized spacial score (nSPS) is 17.5. The minimum atomic E-state index is -4.80. The van der Waals surface area contributed by atoms with Gasteiger partial charge in [-0.3, -0.25) is 29.2 Å². The monoisotopic (exact) mass is 602 g/mol. The zero-order valence-electron chi connectivity index (χ0n) is 24.3. The summed E-state index contributed by atoms with van der Waals surface area (Å²) in [4.78, 5) is 55.2. The van der Waals surface area contributed by atoms with Gasteiger partial charge in [0.1, 0.15) is 18.1 Å². The summed E-state index contributed by atoms with van der Waals surface area (Å²) in [5, 5.41) is 9.54. The Labute approximate surface area is 248 Å². The third-order valence-corrected chi connectivity index (χ3v) is 7.02. The maximum Gasteiger partial charge on any atom is 0.412 e. The highest BCUT2D eigenvalue weighted by Gasteiger charge is 2.43. The van der Waals surface area contributed by atoms with Crippen LogP contribution in [-0.4, -0.2) is 64.5 Å². The summed E-state index contributed by atoms with van der Waals surface area (Å²) in [5.74, 6) is -2.75. The molecule has 2 unspecified atom stereocenters. The molecule has 232 valence electrons. The van der Waals surface area contributed by atoms with E-state index in [0.29, 0.717) is 22.9 Å². The number of amides is 4. The number of hydrogen-bond acceptors (Lipinski definition) is 6.